The van der Waals surface area contributed by atoms with Crippen LogP contribution in [0, 0.1) is 0 Å². The molecule has 4 nitrogen and oxygen atoms in total. The van der Waals surface area contributed by atoms with E-state index in [0.29, 0.717) is 6.54 Å². The fourth-order valence-electron chi connectivity index (χ4n) is 1.57. The maximum atomic E-state index is 11.8. The second-order valence-electron chi connectivity index (χ2n) is 4.10. The lowest BCUT2D eigenvalue weighted by molar-refractivity contribution is 0.240. The van der Waals surface area contributed by atoms with Crippen LogP contribution in [-0.4, -0.2) is 4.89 Å². The van der Waals surface area contributed by atoms with Gasteiger partial charge in [-0.15, -0.1) is 0 Å². The molecule has 5 heteroatoms. The van der Waals surface area contributed by atoms with E-state index in [0.717, 1.165) is 11.1 Å². The predicted octanol–water partition coefficient (Wildman–Crippen LogP) is 3.09. The fraction of sp³-hybridized carbons (Fsp3) is 0.143. The molecule has 100 valence electrons. The van der Waals surface area contributed by atoms with Gasteiger partial charge in [-0.25, -0.2) is 9.65 Å². The molecule has 0 aliphatic heterocycles. The average Bonchev–Trinajstić information content (AvgIpc) is 2.46. The van der Waals surface area contributed by atoms with Crippen molar-refractivity contribution >= 4 is 7.75 Å². The van der Waals surface area contributed by atoms with Crippen LogP contribution in [-0.2, 0) is 22.2 Å². The predicted molar refractivity (Wildman–Crippen MR) is 74.3 cm³/mol. The lowest BCUT2D eigenvalue weighted by atomic mass is 10.2. The highest BCUT2D eigenvalue weighted by Crippen LogP contribution is 2.38. The Bertz CT molecular complexity index is 498. The molecule has 0 spiro atoms. The molecule has 0 amide bonds. The summed E-state index contributed by atoms with van der Waals surface area (Å²) in [5.41, 5.74) is 1.79. The summed E-state index contributed by atoms with van der Waals surface area (Å²) in [6.07, 6.45) is 0. The summed E-state index contributed by atoms with van der Waals surface area (Å²) in [6.45, 7) is 0.403. The van der Waals surface area contributed by atoms with E-state index in [1.165, 1.54) is 0 Å². The van der Waals surface area contributed by atoms with Gasteiger partial charge in [0.15, 0.2) is 0 Å². The van der Waals surface area contributed by atoms with Crippen molar-refractivity contribution in [2.45, 2.75) is 13.2 Å². The Labute approximate surface area is 112 Å². The molecule has 0 aliphatic carbocycles. The Balaban J connectivity index is 1.84. The maximum Gasteiger partial charge on any atom is 0.403 e. The van der Waals surface area contributed by atoms with Crippen molar-refractivity contribution < 1.29 is 14.0 Å². The molecular weight excluding hydrogens is 261 g/mol. The van der Waals surface area contributed by atoms with Gasteiger partial charge in [-0.3, -0.25) is 4.52 Å². The highest BCUT2D eigenvalue weighted by Gasteiger charge is 2.18. The Morgan fingerprint density at radius 1 is 0.947 bits per heavy atom. The number of nitrogens with one attached hydrogen (secondary N) is 1. The summed E-state index contributed by atoms with van der Waals surface area (Å²) in [7, 11) is -3.77. The minimum absolute atomic E-state index is 0.108. The first-order valence-corrected chi connectivity index (χ1v) is 7.54. The molecular formula is C14H16NO3P. The van der Waals surface area contributed by atoms with Crippen LogP contribution >= 0.6 is 7.75 Å². The summed E-state index contributed by atoms with van der Waals surface area (Å²) in [4.78, 5) is 9.66. The molecule has 0 saturated heterocycles. The molecule has 0 fully saturated rings. The standard InChI is InChI=1S/C14H16NO3P/c16-19(17,15-11-13-7-3-1-4-8-13)18-12-14-9-5-2-6-10-14/h1-10H,11-12H2,(H2,15,16,17). The largest absolute Gasteiger partial charge is 0.403 e. The van der Waals surface area contributed by atoms with Gasteiger partial charge in [-0.05, 0) is 11.1 Å². The van der Waals surface area contributed by atoms with Crippen LogP contribution in [0.25, 0.3) is 0 Å². The van der Waals surface area contributed by atoms with Crippen LogP contribution in [0.1, 0.15) is 11.1 Å². The summed E-state index contributed by atoms with van der Waals surface area (Å²) in [5, 5.41) is 2.53. The number of rotatable bonds is 6. The Morgan fingerprint density at radius 2 is 1.47 bits per heavy atom. The van der Waals surface area contributed by atoms with Gasteiger partial charge in [0.05, 0.1) is 6.61 Å². The Morgan fingerprint density at radius 3 is 2.05 bits per heavy atom. The minimum atomic E-state index is -3.77. The van der Waals surface area contributed by atoms with Crippen LogP contribution in [0.15, 0.2) is 60.7 Å². The second-order valence-corrected chi connectivity index (χ2v) is 5.72. The first-order chi connectivity index (χ1) is 9.16. The van der Waals surface area contributed by atoms with Crippen molar-refractivity contribution in [1.29, 1.82) is 0 Å². The Kier molecular flexibility index (Phi) is 4.88. The highest BCUT2D eigenvalue weighted by atomic mass is 31.2. The van der Waals surface area contributed by atoms with Crippen molar-refractivity contribution in [2.24, 2.45) is 0 Å². The number of hydrogen-bond acceptors (Lipinski definition) is 2. The van der Waals surface area contributed by atoms with Crippen molar-refractivity contribution in [3.63, 3.8) is 0 Å². The van der Waals surface area contributed by atoms with Gasteiger partial charge >= 0.3 is 7.75 Å². The van der Waals surface area contributed by atoms with Crippen molar-refractivity contribution in [3.05, 3.63) is 71.8 Å². The molecule has 2 N–H and O–H groups in total. The smallest absolute Gasteiger partial charge is 0.312 e. The molecule has 19 heavy (non-hydrogen) atoms. The topological polar surface area (TPSA) is 58.6 Å². The van der Waals surface area contributed by atoms with E-state index < -0.39 is 7.75 Å². The highest BCUT2D eigenvalue weighted by molar-refractivity contribution is 7.50. The van der Waals surface area contributed by atoms with E-state index in [1.807, 2.05) is 60.7 Å². The van der Waals surface area contributed by atoms with E-state index in [9.17, 15) is 9.46 Å². The van der Waals surface area contributed by atoms with Crippen LogP contribution in [0.3, 0.4) is 0 Å². The van der Waals surface area contributed by atoms with Gasteiger partial charge in [0.25, 0.3) is 0 Å². The summed E-state index contributed by atoms with van der Waals surface area (Å²) in [5.74, 6) is 0. The van der Waals surface area contributed by atoms with Crippen molar-refractivity contribution in [2.75, 3.05) is 0 Å². The quantitative estimate of drug-likeness (QED) is 0.797. The van der Waals surface area contributed by atoms with Crippen molar-refractivity contribution in [1.82, 2.24) is 5.09 Å². The zero-order chi connectivity index (χ0) is 13.6. The molecule has 0 radical (unpaired) electrons. The van der Waals surface area contributed by atoms with E-state index in [-0.39, 0.29) is 6.61 Å². The second kappa shape index (κ2) is 6.64. The molecule has 1 atom stereocenters. The maximum absolute atomic E-state index is 11.8. The lowest BCUT2D eigenvalue weighted by Crippen LogP contribution is -2.11. The summed E-state index contributed by atoms with van der Waals surface area (Å²) >= 11 is 0. The van der Waals surface area contributed by atoms with Crippen LogP contribution in [0.2, 0.25) is 0 Å². The zero-order valence-electron chi connectivity index (χ0n) is 10.4. The first kappa shape index (κ1) is 14.0. The molecule has 2 rings (SSSR count). The summed E-state index contributed by atoms with van der Waals surface area (Å²) < 4.78 is 16.8. The van der Waals surface area contributed by atoms with Gasteiger partial charge in [-0.2, -0.15) is 0 Å². The Hall–Kier alpha value is -1.45. The third-order valence-corrected chi connectivity index (χ3v) is 3.61. The van der Waals surface area contributed by atoms with E-state index in [2.05, 4.69) is 5.09 Å². The molecule has 1 unspecified atom stereocenters. The lowest BCUT2D eigenvalue weighted by Gasteiger charge is -2.13. The molecule has 0 heterocycles. The van der Waals surface area contributed by atoms with Gasteiger partial charge < -0.3 is 4.89 Å². The third-order valence-electron chi connectivity index (χ3n) is 2.57. The number of benzene rings is 2. The molecule has 0 saturated carbocycles. The molecule has 0 bridgehead atoms. The summed E-state index contributed by atoms with van der Waals surface area (Å²) in [6, 6.07) is 18.7. The van der Waals surface area contributed by atoms with Crippen LogP contribution in [0.4, 0.5) is 0 Å². The van der Waals surface area contributed by atoms with Gasteiger partial charge in [0.1, 0.15) is 0 Å². The van der Waals surface area contributed by atoms with Crippen LogP contribution < -0.4 is 5.09 Å². The van der Waals surface area contributed by atoms with Gasteiger partial charge in [0, 0.05) is 6.54 Å². The van der Waals surface area contributed by atoms with Crippen molar-refractivity contribution in [3.8, 4) is 0 Å². The fourth-order valence-corrected chi connectivity index (χ4v) is 2.37. The SMILES string of the molecule is O=P(O)(NCc1ccccc1)OCc1ccccc1. The third kappa shape index (κ3) is 4.97. The zero-order valence-corrected chi connectivity index (χ0v) is 11.3. The van der Waals surface area contributed by atoms with E-state index in [1.54, 1.807) is 0 Å². The minimum Gasteiger partial charge on any atom is -0.312 e. The van der Waals surface area contributed by atoms with Crippen LogP contribution in [0.5, 0.6) is 0 Å². The normalized spacial score (nSPS) is 13.9. The molecule has 2 aromatic carbocycles. The molecule has 0 aliphatic rings. The molecule has 0 aromatic heterocycles. The van der Waals surface area contributed by atoms with E-state index >= 15 is 0 Å². The van der Waals surface area contributed by atoms with Gasteiger partial charge in [-0.1, -0.05) is 60.7 Å². The molecule has 2 aromatic rings. The number of hydrogen-bond donors (Lipinski definition) is 2. The average molecular weight is 277 g/mol. The van der Waals surface area contributed by atoms with E-state index in [4.69, 9.17) is 4.52 Å². The monoisotopic (exact) mass is 277 g/mol. The first-order valence-electron chi connectivity index (χ1n) is 5.96. The van der Waals surface area contributed by atoms with Gasteiger partial charge in [0.2, 0.25) is 0 Å².